The number of anilines is 1. The lowest BCUT2D eigenvalue weighted by molar-refractivity contribution is -0.141. The molecule has 10 heteroatoms. The second kappa shape index (κ2) is 12.9. The Bertz CT molecular complexity index is 1470. The van der Waals surface area contributed by atoms with E-state index in [-0.39, 0.29) is 22.9 Å². The minimum atomic E-state index is -1.24. The van der Waals surface area contributed by atoms with E-state index in [4.69, 9.17) is 16.3 Å². The lowest BCUT2D eigenvalue weighted by Gasteiger charge is -2.38. The predicted octanol–water partition coefficient (Wildman–Crippen LogP) is 5.03. The van der Waals surface area contributed by atoms with Crippen molar-refractivity contribution in [2.24, 2.45) is 23.7 Å². The van der Waals surface area contributed by atoms with E-state index in [0.29, 0.717) is 30.5 Å². The Morgan fingerprint density at radius 1 is 1.13 bits per heavy atom. The fraction of sp³-hybridized carbons (Fsp3) is 0.514. The maximum absolute atomic E-state index is 14.3. The molecule has 3 heterocycles. The number of nitrogens with one attached hydrogen (secondary N) is 2. The van der Waals surface area contributed by atoms with Gasteiger partial charge in [-0.05, 0) is 62.0 Å². The number of ether oxygens (including phenoxy) is 1. The summed E-state index contributed by atoms with van der Waals surface area (Å²) in [5.74, 6) is -2.41. The molecule has 3 fully saturated rings. The van der Waals surface area contributed by atoms with E-state index in [1.807, 2.05) is 31.3 Å². The molecule has 6 rings (SSSR count). The molecule has 2 bridgehead atoms. The Balaban J connectivity index is 1.23. The number of rotatable bonds is 10. The van der Waals surface area contributed by atoms with Gasteiger partial charge in [-0.2, -0.15) is 0 Å². The van der Waals surface area contributed by atoms with E-state index in [9.17, 15) is 18.8 Å². The van der Waals surface area contributed by atoms with E-state index in [2.05, 4.69) is 41.5 Å². The Morgan fingerprint density at radius 2 is 1.91 bits per heavy atom. The second-order valence-corrected chi connectivity index (χ2v) is 13.7. The molecular weight excluding hydrogens is 595 g/mol. The number of halogens is 2. The quantitative estimate of drug-likeness (QED) is 0.357. The molecule has 1 saturated carbocycles. The molecule has 3 aliphatic heterocycles. The van der Waals surface area contributed by atoms with Crippen LogP contribution in [0.3, 0.4) is 0 Å². The first-order valence-electron chi connectivity index (χ1n) is 16.1. The zero-order valence-electron chi connectivity index (χ0n) is 26.0. The molecule has 2 aromatic carbocycles. The van der Waals surface area contributed by atoms with E-state index < -0.39 is 41.3 Å². The minimum absolute atomic E-state index is 0.00978. The first-order chi connectivity index (χ1) is 21.6. The number of hydrogen-bond acceptors (Lipinski definition) is 5. The summed E-state index contributed by atoms with van der Waals surface area (Å²) in [7, 11) is 2.04. The van der Waals surface area contributed by atoms with Crippen molar-refractivity contribution < 1.29 is 23.5 Å². The van der Waals surface area contributed by atoms with Crippen LogP contribution in [0.1, 0.15) is 45.1 Å². The van der Waals surface area contributed by atoms with Crippen molar-refractivity contribution in [1.29, 1.82) is 0 Å². The van der Waals surface area contributed by atoms with Crippen molar-refractivity contribution >= 4 is 35.0 Å². The van der Waals surface area contributed by atoms with Gasteiger partial charge in [0.25, 0.3) is 0 Å². The maximum atomic E-state index is 14.3. The van der Waals surface area contributed by atoms with Crippen LogP contribution in [0.15, 0.2) is 60.7 Å². The smallest absolute Gasteiger partial charge is 0.246 e. The van der Waals surface area contributed by atoms with Gasteiger partial charge < -0.3 is 25.2 Å². The van der Waals surface area contributed by atoms with Crippen molar-refractivity contribution in [1.82, 2.24) is 15.1 Å². The maximum Gasteiger partial charge on any atom is 0.246 e. The second-order valence-electron chi connectivity index (χ2n) is 13.3. The molecule has 0 unspecified atom stereocenters. The van der Waals surface area contributed by atoms with Gasteiger partial charge in [0.15, 0.2) is 0 Å². The summed E-state index contributed by atoms with van der Waals surface area (Å²) in [6, 6.07) is 13.3. The Labute approximate surface area is 269 Å². The molecule has 240 valence electrons. The van der Waals surface area contributed by atoms with Crippen LogP contribution in [0.5, 0.6) is 0 Å². The zero-order chi connectivity index (χ0) is 31.9. The molecule has 1 aliphatic carbocycles. The van der Waals surface area contributed by atoms with Gasteiger partial charge in [0, 0.05) is 24.8 Å². The molecule has 8 atom stereocenters. The molecule has 2 saturated heterocycles. The predicted molar refractivity (Wildman–Crippen MR) is 171 cm³/mol. The van der Waals surface area contributed by atoms with E-state index >= 15 is 0 Å². The largest absolute Gasteiger partial charge is 0.359 e. The third-order valence-corrected chi connectivity index (χ3v) is 10.7. The standard InChI is InChI=1S/C35H42ClFN4O4/c1-21-9-7-12-27(22(21)2)39-33(43)31-35-16-15-28(45-35)29(32(42)38-24-13-14-26(37)25(36)19-24)30(35)34(44)41(31)18-8-17-40(3)20-23-10-5-4-6-11-23/h4-6,10-11,13-16,19,21-22,27-31H,7-9,12,17-18,20H2,1-3H3,(H,38,42)(H,39,43)/t21-,22+,27+,28+,29+,30+,31+,35+/m1/s1. The lowest BCUT2D eigenvalue weighted by atomic mass is 9.73. The zero-order valence-corrected chi connectivity index (χ0v) is 26.8. The summed E-state index contributed by atoms with van der Waals surface area (Å²) >= 11 is 5.95. The van der Waals surface area contributed by atoms with Gasteiger partial charge in [-0.1, -0.05) is 80.8 Å². The molecule has 2 N–H and O–H groups in total. The van der Waals surface area contributed by atoms with Gasteiger partial charge in [0.05, 0.1) is 23.0 Å². The summed E-state index contributed by atoms with van der Waals surface area (Å²) < 4.78 is 20.2. The highest BCUT2D eigenvalue weighted by Crippen LogP contribution is 2.55. The van der Waals surface area contributed by atoms with Crippen LogP contribution in [0.4, 0.5) is 10.1 Å². The van der Waals surface area contributed by atoms with Crippen LogP contribution in [0.25, 0.3) is 0 Å². The van der Waals surface area contributed by atoms with E-state index in [1.54, 1.807) is 11.0 Å². The molecule has 45 heavy (non-hydrogen) atoms. The van der Waals surface area contributed by atoms with Crippen molar-refractivity contribution in [3.05, 3.63) is 77.1 Å². The van der Waals surface area contributed by atoms with Gasteiger partial charge in [-0.25, -0.2) is 4.39 Å². The fourth-order valence-corrected chi connectivity index (χ4v) is 8.02. The van der Waals surface area contributed by atoms with Crippen molar-refractivity contribution in [2.75, 3.05) is 25.5 Å². The highest BCUT2D eigenvalue weighted by Gasteiger charge is 2.72. The van der Waals surface area contributed by atoms with Crippen LogP contribution in [0, 0.1) is 29.5 Å². The molecule has 0 radical (unpaired) electrons. The molecule has 0 aromatic heterocycles. The van der Waals surface area contributed by atoms with Gasteiger partial charge in [0.1, 0.15) is 17.5 Å². The first-order valence-corrected chi connectivity index (χ1v) is 16.4. The van der Waals surface area contributed by atoms with Crippen LogP contribution >= 0.6 is 11.6 Å². The summed E-state index contributed by atoms with van der Waals surface area (Å²) in [4.78, 5) is 46.1. The Kier molecular flexibility index (Phi) is 9.05. The normalized spacial score (nSPS) is 31.8. The molecule has 8 nitrogen and oxygen atoms in total. The Hall–Kier alpha value is -3.27. The van der Waals surface area contributed by atoms with Crippen molar-refractivity contribution in [3.63, 3.8) is 0 Å². The summed E-state index contributed by atoms with van der Waals surface area (Å²) in [5, 5.41) is 5.99. The number of nitrogens with zero attached hydrogens (tertiary/aromatic N) is 2. The summed E-state index contributed by atoms with van der Waals surface area (Å²) in [5.41, 5.74) is 0.282. The summed E-state index contributed by atoms with van der Waals surface area (Å²) in [6.45, 7) is 6.24. The number of amides is 3. The van der Waals surface area contributed by atoms with Gasteiger partial charge in [-0.3, -0.25) is 14.4 Å². The SMILES string of the molecule is C[C@H]1[C@H](C)CCC[C@@H]1NC(=O)[C@@H]1N(CCCN(C)Cc2ccccc2)C(=O)[C@@H]2[C@@H](C(=O)Nc3ccc(F)c(Cl)c3)[C@@H]3C=C[C@]21O3. The van der Waals surface area contributed by atoms with Crippen LogP contribution < -0.4 is 10.6 Å². The lowest BCUT2D eigenvalue weighted by Crippen LogP contribution is -2.58. The third-order valence-electron chi connectivity index (χ3n) is 10.4. The number of hydrogen-bond donors (Lipinski definition) is 2. The van der Waals surface area contributed by atoms with Gasteiger partial charge >= 0.3 is 0 Å². The highest BCUT2D eigenvalue weighted by atomic mass is 35.5. The highest BCUT2D eigenvalue weighted by molar-refractivity contribution is 6.31. The van der Waals surface area contributed by atoms with Gasteiger partial charge in [-0.15, -0.1) is 0 Å². The molecule has 2 aromatic rings. The minimum Gasteiger partial charge on any atom is -0.359 e. The van der Waals surface area contributed by atoms with Crippen LogP contribution in [-0.2, 0) is 25.7 Å². The van der Waals surface area contributed by atoms with Gasteiger partial charge in [0.2, 0.25) is 17.7 Å². The third kappa shape index (κ3) is 6.02. The summed E-state index contributed by atoms with van der Waals surface area (Å²) in [6.07, 6.45) is 6.69. The molecule has 3 amide bonds. The number of likely N-dealkylation sites (tertiary alicyclic amines) is 1. The van der Waals surface area contributed by atoms with E-state index in [0.717, 1.165) is 32.4 Å². The monoisotopic (exact) mass is 636 g/mol. The van der Waals surface area contributed by atoms with E-state index in [1.165, 1.54) is 23.8 Å². The molecular formula is C35H42ClFN4O4. The molecule has 1 spiro atoms. The Morgan fingerprint density at radius 3 is 2.67 bits per heavy atom. The van der Waals surface area contributed by atoms with Crippen LogP contribution in [0.2, 0.25) is 5.02 Å². The average Bonchev–Trinajstić information content (AvgIpc) is 3.65. The molecule has 4 aliphatic rings. The van der Waals surface area contributed by atoms with Crippen molar-refractivity contribution in [3.8, 4) is 0 Å². The fourth-order valence-electron chi connectivity index (χ4n) is 7.84. The number of benzene rings is 2. The van der Waals surface area contributed by atoms with Crippen LogP contribution in [-0.4, -0.2) is 71.4 Å². The average molecular weight is 637 g/mol. The number of fused-ring (bicyclic) bond motifs is 1. The van der Waals surface area contributed by atoms with Crippen molar-refractivity contribution in [2.45, 2.75) is 69.9 Å². The number of carbonyl (C=O) groups is 3. The topological polar surface area (TPSA) is 91.0 Å². The number of carbonyl (C=O) groups excluding carboxylic acids is 3. The first kappa shape index (κ1) is 31.7.